The van der Waals surface area contributed by atoms with E-state index >= 15 is 0 Å². The fraction of sp³-hybridized carbons (Fsp3) is 0.0909. The summed E-state index contributed by atoms with van der Waals surface area (Å²) >= 11 is 6.21. The normalized spacial score (nSPS) is 10.4. The van der Waals surface area contributed by atoms with Crippen LogP contribution in [0.3, 0.4) is 0 Å². The van der Waals surface area contributed by atoms with Gasteiger partial charge in [0, 0.05) is 4.47 Å². The summed E-state index contributed by atoms with van der Waals surface area (Å²) in [5, 5.41) is 0. The van der Waals surface area contributed by atoms with Crippen molar-refractivity contribution in [3.8, 4) is 17.6 Å². The van der Waals surface area contributed by atoms with Gasteiger partial charge < -0.3 is 9.47 Å². The molecule has 0 saturated heterocycles. The number of hydrogen-bond donors (Lipinski definition) is 0. The first-order chi connectivity index (χ1) is 9.01. The molecule has 1 heterocycles. The molecule has 0 spiro atoms. The van der Waals surface area contributed by atoms with Gasteiger partial charge in [-0.25, -0.2) is 9.37 Å². The van der Waals surface area contributed by atoms with E-state index in [1.165, 1.54) is 19.4 Å². The minimum Gasteiger partial charge on any atom is -0.480 e. The maximum absolute atomic E-state index is 13.5. The van der Waals surface area contributed by atoms with E-state index < -0.39 is 11.6 Å². The van der Waals surface area contributed by atoms with E-state index in [4.69, 9.17) is 9.47 Å². The molecule has 0 fully saturated rings. The second-order valence-corrected chi connectivity index (χ2v) is 5.08. The number of benzene rings is 1. The van der Waals surface area contributed by atoms with Gasteiger partial charge in [0.05, 0.1) is 17.8 Å². The fourth-order valence-electron chi connectivity index (χ4n) is 1.23. The molecular weight excluding hydrogens is 390 g/mol. The van der Waals surface area contributed by atoms with Gasteiger partial charge in [-0.3, -0.25) is 0 Å². The standard InChI is InChI=1S/C11H6Br2F2N2O2/c1-18-10-6(13)4-16-11(17-10)19-8-3-5(12)2-7(14)9(8)15/h2-4H,1H3. The van der Waals surface area contributed by atoms with Crippen molar-refractivity contribution in [3.05, 3.63) is 38.9 Å². The third-order valence-corrected chi connectivity index (χ3v) is 3.05. The third kappa shape index (κ3) is 3.19. The molecule has 0 saturated carbocycles. The molecule has 4 nitrogen and oxygen atoms in total. The summed E-state index contributed by atoms with van der Waals surface area (Å²) in [6.07, 6.45) is 1.38. The van der Waals surface area contributed by atoms with Crippen LogP contribution in [0.2, 0.25) is 0 Å². The zero-order valence-corrected chi connectivity index (χ0v) is 12.6. The number of nitrogens with zero attached hydrogens (tertiary/aromatic N) is 2. The fourth-order valence-corrected chi connectivity index (χ4v) is 2.00. The molecule has 8 heteroatoms. The Hall–Kier alpha value is -1.28. The van der Waals surface area contributed by atoms with Crippen molar-refractivity contribution >= 4 is 31.9 Å². The summed E-state index contributed by atoms with van der Waals surface area (Å²) in [5.41, 5.74) is 0. The first-order valence-electron chi connectivity index (χ1n) is 4.90. The maximum atomic E-state index is 13.5. The molecule has 0 radical (unpaired) electrons. The number of ether oxygens (including phenoxy) is 2. The van der Waals surface area contributed by atoms with E-state index in [1.54, 1.807) is 0 Å². The van der Waals surface area contributed by atoms with Gasteiger partial charge in [0.1, 0.15) is 0 Å². The summed E-state index contributed by atoms with van der Waals surface area (Å²) in [4.78, 5) is 7.70. The highest BCUT2D eigenvalue weighted by molar-refractivity contribution is 9.10. The third-order valence-electron chi connectivity index (χ3n) is 2.04. The highest BCUT2D eigenvalue weighted by Crippen LogP contribution is 2.30. The van der Waals surface area contributed by atoms with Crippen LogP contribution in [0.15, 0.2) is 27.3 Å². The Morgan fingerprint density at radius 3 is 2.63 bits per heavy atom. The first kappa shape index (κ1) is 14.1. The van der Waals surface area contributed by atoms with Crippen LogP contribution in [-0.4, -0.2) is 17.1 Å². The van der Waals surface area contributed by atoms with Gasteiger partial charge in [-0.15, -0.1) is 0 Å². The number of aromatic nitrogens is 2. The maximum Gasteiger partial charge on any atom is 0.325 e. The van der Waals surface area contributed by atoms with Gasteiger partial charge in [0.2, 0.25) is 11.7 Å². The zero-order valence-electron chi connectivity index (χ0n) is 9.45. The molecule has 0 atom stereocenters. The van der Waals surface area contributed by atoms with Crippen molar-refractivity contribution in [2.75, 3.05) is 7.11 Å². The summed E-state index contributed by atoms with van der Waals surface area (Å²) < 4.78 is 37.6. The number of hydrogen-bond acceptors (Lipinski definition) is 4. The summed E-state index contributed by atoms with van der Waals surface area (Å²) in [5.74, 6) is -2.25. The van der Waals surface area contributed by atoms with Crippen molar-refractivity contribution in [1.29, 1.82) is 0 Å². The first-order valence-corrected chi connectivity index (χ1v) is 6.48. The van der Waals surface area contributed by atoms with Crippen LogP contribution in [-0.2, 0) is 0 Å². The molecule has 19 heavy (non-hydrogen) atoms. The second-order valence-electron chi connectivity index (χ2n) is 3.31. The molecule has 2 rings (SSSR count). The Bertz CT molecular complexity index is 626. The lowest BCUT2D eigenvalue weighted by atomic mass is 10.3. The largest absolute Gasteiger partial charge is 0.480 e. The highest BCUT2D eigenvalue weighted by Gasteiger charge is 2.14. The molecule has 0 aliphatic heterocycles. The lowest BCUT2D eigenvalue weighted by Crippen LogP contribution is -1.98. The number of rotatable bonds is 3. The molecule has 0 bridgehead atoms. The monoisotopic (exact) mass is 394 g/mol. The van der Waals surface area contributed by atoms with Crippen LogP contribution in [0.5, 0.6) is 17.6 Å². The van der Waals surface area contributed by atoms with Gasteiger partial charge in [0.25, 0.3) is 0 Å². The summed E-state index contributed by atoms with van der Waals surface area (Å²) in [6.45, 7) is 0. The van der Waals surface area contributed by atoms with Crippen molar-refractivity contribution in [2.45, 2.75) is 0 Å². The molecular formula is C11H6Br2F2N2O2. The van der Waals surface area contributed by atoms with Crippen molar-refractivity contribution in [3.63, 3.8) is 0 Å². The van der Waals surface area contributed by atoms with Crippen LogP contribution in [0, 0.1) is 11.6 Å². The molecule has 1 aromatic carbocycles. The highest BCUT2D eigenvalue weighted by atomic mass is 79.9. The SMILES string of the molecule is COc1nc(Oc2cc(Br)cc(F)c2F)ncc1Br. The second kappa shape index (κ2) is 5.79. The van der Waals surface area contributed by atoms with E-state index in [1.807, 2.05) is 0 Å². The van der Waals surface area contributed by atoms with E-state index in [0.717, 1.165) is 6.07 Å². The average Bonchev–Trinajstić information content (AvgIpc) is 2.37. The van der Waals surface area contributed by atoms with Crippen LogP contribution >= 0.6 is 31.9 Å². The topological polar surface area (TPSA) is 44.2 Å². The van der Waals surface area contributed by atoms with Crippen molar-refractivity contribution in [1.82, 2.24) is 9.97 Å². The molecule has 100 valence electrons. The molecule has 0 aliphatic carbocycles. The van der Waals surface area contributed by atoms with E-state index in [-0.39, 0.29) is 17.6 Å². The van der Waals surface area contributed by atoms with Gasteiger partial charge in [-0.1, -0.05) is 15.9 Å². The van der Waals surface area contributed by atoms with Crippen LogP contribution in [0.4, 0.5) is 8.78 Å². The van der Waals surface area contributed by atoms with Gasteiger partial charge in [0.15, 0.2) is 11.6 Å². The average molecular weight is 396 g/mol. The van der Waals surface area contributed by atoms with Gasteiger partial charge >= 0.3 is 6.01 Å². The van der Waals surface area contributed by atoms with Gasteiger partial charge in [-0.05, 0) is 28.1 Å². The lowest BCUT2D eigenvalue weighted by molar-refractivity contribution is 0.361. The summed E-state index contributed by atoms with van der Waals surface area (Å²) in [7, 11) is 1.41. The molecule has 0 aliphatic rings. The number of methoxy groups -OCH3 is 1. The number of halogens is 4. The Morgan fingerprint density at radius 1 is 1.21 bits per heavy atom. The zero-order chi connectivity index (χ0) is 14.0. The minimum atomic E-state index is -1.12. The molecule has 2 aromatic rings. The van der Waals surface area contributed by atoms with Gasteiger partial charge in [-0.2, -0.15) is 9.37 Å². The Balaban J connectivity index is 2.36. The molecule has 0 amide bonds. The molecule has 0 unspecified atom stereocenters. The van der Waals surface area contributed by atoms with Crippen LogP contribution in [0.25, 0.3) is 0 Å². The van der Waals surface area contributed by atoms with Crippen molar-refractivity contribution in [2.24, 2.45) is 0 Å². The van der Waals surface area contributed by atoms with E-state index in [9.17, 15) is 8.78 Å². The minimum absolute atomic E-state index is 0.156. The lowest BCUT2D eigenvalue weighted by Gasteiger charge is -2.08. The van der Waals surface area contributed by atoms with Crippen molar-refractivity contribution < 1.29 is 18.3 Å². The Labute approximate surface area is 124 Å². The Morgan fingerprint density at radius 2 is 1.95 bits per heavy atom. The smallest absolute Gasteiger partial charge is 0.325 e. The van der Waals surface area contributed by atoms with E-state index in [0.29, 0.717) is 8.95 Å². The van der Waals surface area contributed by atoms with Crippen LogP contribution < -0.4 is 9.47 Å². The molecule has 1 aromatic heterocycles. The predicted molar refractivity (Wildman–Crippen MR) is 70.4 cm³/mol. The quantitative estimate of drug-likeness (QED) is 0.734. The predicted octanol–water partition coefficient (Wildman–Crippen LogP) is 4.08. The van der Waals surface area contributed by atoms with Crippen LogP contribution in [0.1, 0.15) is 0 Å². The molecule has 0 N–H and O–H groups in total. The van der Waals surface area contributed by atoms with E-state index in [2.05, 4.69) is 41.8 Å². The Kier molecular flexibility index (Phi) is 4.31. The summed E-state index contributed by atoms with van der Waals surface area (Å²) in [6, 6.07) is 2.11.